The molecule has 0 saturated carbocycles. The molecule has 4 nitrogen and oxygen atoms in total. The van der Waals surface area contributed by atoms with Crippen LogP contribution in [0.15, 0.2) is 43.0 Å². The summed E-state index contributed by atoms with van der Waals surface area (Å²) in [7, 11) is 0. The molecular weight excluding hydrogens is 187 g/mol. The van der Waals surface area contributed by atoms with E-state index in [1.807, 2.05) is 6.07 Å². The minimum absolute atomic E-state index is 0. The van der Waals surface area contributed by atoms with Crippen LogP contribution in [-0.4, -0.2) is 15.5 Å². The van der Waals surface area contributed by atoms with Crippen LogP contribution >= 0.6 is 0 Å². The first-order valence-corrected chi connectivity index (χ1v) is 4.07. The number of nitrogens with zero attached hydrogens (tertiary/aromatic N) is 2. The second-order valence-electron chi connectivity index (χ2n) is 2.81. The second-order valence-corrected chi connectivity index (χ2v) is 2.81. The van der Waals surface area contributed by atoms with Crippen molar-refractivity contribution in [3.8, 4) is 5.69 Å². The molecule has 5 heteroatoms. The predicted molar refractivity (Wildman–Crippen MR) is 47.9 cm³/mol. The Morgan fingerprint density at radius 3 is 2.73 bits per heavy atom. The number of hydrogen-bond donors (Lipinski definition) is 0. The Kier molecular flexibility index (Phi) is 3.72. The largest absolute Gasteiger partial charge is 1.00 e. The molecule has 0 spiro atoms. The number of hydrogen-bond acceptors (Lipinski definition) is 3. The first-order valence-electron chi connectivity index (χ1n) is 4.07. The Balaban J connectivity index is 0.00000112. The van der Waals surface area contributed by atoms with Gasteiger partial charge in [0.25, 0.3) is 0 Å². The standard InChI is InChI=1S/C10H8N2O2.Li/c13-10(14)8-3-5-12(7-8)9-2-1-4-11-6-9;/h1-7H,(H,13,14);/q;+1/p-1. The third kappa shape index (κ3) is 2.49. The van der Waals surface area contributed by atoms with Crippen molar-refractivity contribution in [2.75, 3.05) is 0 Å². The van der Waals surface area contributed by atoms with Crippen LogP contribution in [0.25, 0.3) is 5.69 Å². The van der Waals surface area contributed by atoms with Crippen LogP contribution in [0.4, 0.5) is 0 Å². The Labute approximate surface area is 98.7 Å². The molecule has 15 heavy (non-hydrogen) atoms. The van der Waals surface area contributed by atoms with Crippen LogP contribution in [0.1, 0.15) is 10.4 Å². The van der Waals surface area contributed by atoms with E-state index in [2.05, 4.69) is 4.98 Å². The zero-order valence-electron chi connectivity index (χ0n) is 8.25. The molecule has 0 atom stereocenters. The quantitative estimate of drug-likeness (QED) is 0.486. The van der Waals surface area contributed by atoms with Gasteiger partial charge >= 0.3 is 18.9 Å². The summed E-state index contributed by atoms with van der Waals surface area (Å²) in [5.74, 6) is -1.17. The molecule has 0 aliphatic heterocycles. The fraction of sp³-hybridized carbons (Fsp3) is 0. The van der Waals surface area contributed by atoms with Crippen molar-refractivity contribution in [2.24, 2.45) is 0 Å². The number of rotatable bonds is 2. The van der Waals surface area contributed by atoms with Gasteiger partial charge in [0.15, 0.2) is 0 Å². The molecule has 0 saturated heterocycles. The molecule has 0 radical (unpaired) electrons. The van der Waals surface area contributed by atoms with E-state index in [9.17, 15) is 9.90 Å². The average Bonchev–Trinajstić information content (AvgIpc) is 2.68. The van der Waals surface area contributed by atoms with E-state index in [1.54, 1.807) is 29.2 Å². The van der Waals surface area contributed by atoms with Gasteiger partial charge in [0.05, 0.1) is 17.9 Å². The molecule has 2 aromatic rings. The van der Waals surface area contributed by atoms with E-state index in [0.29, 0.717) is 0 Å². The summed E-state index contributed by atoms with van der Waals surface area (Å²) in [4.78, 5) is 14.4. The van der Waals surface area contributed by atoms with Gasteiger partial charge in [-0.3, -0.25) is 4.98 Å². The Morgan fingerprint density at radius 1 is 1.40 bits per heavy atom. The van der Waals surface area contributed by atoms with Crippen LogP contribution in [0.5, 0.6) is 0 Å². The molecular formula is C10H7LiN2O2. The SMILES string of the molecule is O=C([O-])c1ccn(-c2cccnc2)c1.[Li+]. The number of carbonyl (C=O) groups is 1. The predicted octanol–water partition coefficient (Wildman–Crippen LogP) is -2.76. The molecule has 0 aliphatic rings. The first kappa shape index (κ1) is 11.6. The minimum atomic E-state index is -1.17. The van der Waals surface area contributed by atoms with Crippen LogP contribution < -0.4 is 24.0 Å². The summed E-state index contributed by atoms with van der Waals surface area (Å²) in [5, 5.41) is 10.5. The summed E-state index contributed by atoms with van der Waals surface area (Å²) in [5.41, 5.74) is 0.980. The number of carbonyl (C=O) groups excluding carboxylic acids is 1. The molecule has 2 rings (SSSR count). The zero-order chi connectivity index (χ0) is 9.97. The molecule has 0 fully saturated rings. The molecule has 2 heterocycles. The number of carboxylic acids is 1. The van der Waals surface area contributed by atoms with Crippen LogP contribution in [0.2, 0.25) is 0 Å². The van der Waals surface area contributed by atoms with E-state index in [-0.39, 0.29) is 24.4 Å². The van der Waals surface area contributed by atoms with Gasteiger partial charge in [0.2, 0.25) is 0 Å². The zero-order valence-corrected chi connectivity index (χ0v) is 8.25. The molecule has 0 N–H and O–H groups in total. The summed E-state index contributed by atoms with van der Waals surface area (Å²) in [6, 6.07) is 5.11. The molecule has 70 valence electrons. The van der Waals surface area contributed by atoms with E-state index < -0.39 is 5.97 Å². The van der Waals surface area contributed by atoms with Gasteiger partial charge in [-0.1, -0.05) is 0 Å². The third-order valence-electron chi connectivity index (χ3n) is 1.87. The van der Waals surface area contributed by atoms with Crippen LogP contribution in [0.3, 0.4) is 0 Å². The van der Waals surface area contributed by atoms with E-state index >= 15 is 0 Å². The molecule has 0 unspecified atom stereocenters. The van der Waals surface area contributed by atoms with Gasteiger partial charge in [0, 0.05) is 24.2 Å². The van der Waals surface area contributed by atoms with Crippen molar-refractivity contribution in [1.29, 1.82) is 0 Å². The van der Waals surface area contributed by atoms with Gasteiger partial charge in [0.1, 0.15) is 0 Å². The topological polar surface area (TPSA) is 57.9 Å². The fourth-order valence-electron chi connectivity index (χ4n) is 1.18. The van der Waals surface area contributed by atoms with Crippen LogP contribution in [0, 0.1) is 0 Å². The summed E-state index contributed by atoms with van der Waals surface area (Å²) >= 11 is 0. The minimum Gasteiger partial charge on any atom is -0.545 e. The Hall–Kier alpha value is -1.50. The van der Waals surface area contributed by atoms with E-state index in [0.717, 1.165) is 5.69 Å². The normalized spacial score (nSPS) is 9.33. The van der Waals surface area contributed by atoms with Crippen molar-refractivity contribution < 1.29 is 28.8 Å². The summed E-state index contributed by atoms with van der Waals surface area (Å²) < 4.78 is 1.68. The molecule has 0 amide bonds. The van der Waals surface area contributed by atoms with Crippen molar-refractivity contribution in [3.63, 3.8) is 0 Å². The first-order chi connectivity index (χ1) is 6.77. The van der Waals surface area contributed by atoms with Crippen molar-refractivity contribution in [1.82, 2.24) is 9.55 Å². The Morgan fingerprint density at radius 2 is 2.20 bits per heavy atom. The number of pyridine rings is 1. The number of aromatic nitrogens is 2. The maximum Gasteiger partial charge on any atom is 1.00 e. The molecule has 0 aromatic carbocycles. The average molecular weight is 194 g/mol. The molecule has 0 bridgehead atoms. The van der Waals surface area contributed by atoms with Gasteiger partial charge in [-0.25, -0.2) is 0 Å². The monoisotopic (exact) mass is 194 g/mol. The van der Waals surface area contributed by atoms with Gasteiger partial charge in [-0.15, -0.1) is 0 Å². The van der Waals surface area contributed by atoms with Crippen molar-refractivity contribution in [3.05, 3.63) is 48.5 Å². The molecule has 2 aromatic heterocycles. The van der Waals surface area contributed by atoms with E-state index in [1.165, 1.54) is 12.3 Å². The van der Waals surface area contributed by atoms with Gasteiger partial charge in [-0.2, -0.15) is 0 Å². The van der Waals surface area contributed by atoms with Gasteiger partial charge < -0.3 is 14.5 Å². The maximum atomic E-state index is 10.5. The van der Waals surface area contributed by atoms with Gasteiger partial charge in [-0.05, 0) is 18.2 Å². The number of aromatic carboxylic acids is 1. The molecule has 0 aliphatic carbocycles. The summed E-state index contributed by atoms with van der Waals surface area (Å²) in [6.45, 7) is 0. The van der Waals surface area contributed by atoms with Crippen molar-refractivity contribution >= 4 is 5.97 Å². The fourth-order valence-corrected chi connectivity index (χ4v) is 1.18. The smallest absolute Gasteiger partial charge is 0.545 e. The number of carboxylic acid groups (broad SMARTS) is 1. The summed E-state index contributed by atoms with van der Waals surface area (Å²) in [6.07, 6.45) is 6.46. The Bertz CT molecular complexity index is 453. The van der Waals surface area contributed by atoms with Crippen molar-refractivity contribution in [2.45, 2.75) is 0 Å². The van der Waals surface area contributed by atoms with E-state index in [4.69, 9.17) is 0 Å². The third-order valence-corrected chi connectivity index (χ3v) is 1.87. The maximum absolute atomic E-state index is 10.5. The van der Waals surface area contributed by atoms with Crippen LogP contribution in [-0.2, 0) is 0 Å². The second kappa shape index (κ2) is 4.83.